The van der Waals surface area contributed by atoms with E-state index < -0.39 is 0 Å². The zero-order chi connectivity index (χ0) is 14.7. The molecule has 0 bridgehead atoms. The highest BCUT2D eigenvalue weighted by Gasteiger charge is 2.31. The van der Waals surface area contributed by atoms with E-state index in [0.29, 0.717) is 6.54 Å². The summed E-state index contributed by atoms with van der Waals surface area (Å²) in [5.41, 5.74) is 1.95. The Morgan fingerprint density at radius 1 is 1.19 bits per heavy atom. The summed E-state index contributed by atoms with van der Waals surface area (Å²) in [6.07, 6.45) is 6.84. The van der Waals surface area contributed by atoms with Crippen molar-refractivity contribution in [3.05, 3.63) is 29.6 Å². The van der Waals surface area contributed by atoms with E-state index in [1.165, 1.54) is 32.1 Å². The first kappa shape index (κ1) is 14.8. The first-order valence-corrected chi connectivity index (χ1v) is 8.52. The lowest BCUT2D eigenvalue weighted by atomic mass is 9.75. The van der Waals surface area contributed by atoms with E-state index in [9.17, 15) is 4.39 Å². The highest BCUT2D eigenvalue weighted by molar-refractivity contribution is 5.54. The van der Waals surface area contributed by atoms with Gasteiger partial charge in [-0.25, -0.2) is 4.39 Å². The summed E-state index contributed by atoms with van der Waals surface area (Å²) in [5, 5.41) is 3.27. The van der Waals surface area contributed by atoms with E-state index >= 15 is 0 Å². The molecule has 2 fully saturated rings. The van der Waals surface area contributed by atoms with Gasteiger partial charge >= 0.3 is 0 Å². The summed E-state index contributed by atoms with van der Waals surface area (Å²) in [7, 11) is 0. The van der Waals surface area contributed by atoms with Crippen molar-refractivity contribution < 1.29 is 4.39 Å². The Balaban J connectivity index is 1.78. The van der Waals surface area contributed by atoms with Crippen molar-refractivity contribution in [2.75, 3.05) is 24.5 Å². The van der Waals surface area contributed by atoms with Gasteiger partial charge in [-0.15, -0.1) is 0 Å². The molecule has 1 saturated carbocycles. The van der Waals surface area contributed by atoms with Gasteiger partial charge in [-0.2, -0.15) is 0 Å². The molecule has 3 heteroatoms. The van der Waals surface area contributed by atoms with E-state index in [-0.39, 0.29) is 5.82 Å². The number of benzene rings is 1. The molecule has 1 saturated heterocycles. The second-order valence-corrected chi connectivity index (χ2v) is 6.56. The van der Waals surface area contributed by atoms with Crippen LogP contribution in [-0.2, 0) is 6.54 Å². The SMILES string of the molecule is CCNCc1c(F)cccc1N1CCC2CCCCC2C1. The fraction of sp³-hybridized carbons (Fsp3) is 0.667. The van der Waals surface area contributed by atoms with Gasteiger partial charge in [0.15, 0.2) is 0 Å². The number of nitrogens with one attached hydrogen (secondary N) is 1. The highest BCUT2D eigenvalue weighted by Crippen LogP contribution is 2.38. The van der Waals surface area contributed by atoms with Gasteiger partial charge in [0, 0.05) is 30.9 Å². The van der Waals surface area contributed by atoms with Crippen LogP contribution in [-0.4, -0.2) is 19.6 Å². The molecule has 21 heavy (non-hydrogen) atoms. The van der Waals surface area contributed by atoms with Gasteiger partial charge in [-0.05, 0) is 43.4 Å². The second-order valence-electron chi connectivity index (χ2n) is 6.56. The molecule has 2 aliphatic rings. The van der Waals surface area contributed by atoms with Crippen LogP contribution in [0.5, 0.6) is 0 Å². The fourth-order valence-electron chi connectivity index (χ4n) is 4.09. The molecular formula is C18H27FN2. The van der Waals surface area contributed by atoms with Gasteiger partial charge < -0.3 is 10.2 Å². The largest absolute Gasteiger partial charge is 0.371 e. The van der Waals surface area contributed by atoms with Gasteiger partial charge in [-0.1, -0.05) is 32.3 Å². The van der Waals surface area contributed by atoms with Crippen LogP contribution in [0.3, 0.4) is 0 Å². The summed E-state index contributed by atoms with van der Waals surface area (Å²) in [4.78, 5) is 2.43. The standard InChI is InChI=1S/C18H27FN2/c1-2-20-12-16-17(19)8-5-9-18(16)21-11-10-14-6-3-4-7-15(14)13-21/h5,8-9,14-15,20H,2-4,6-7,10-13H2,1H3. The smallest absolute Gasteiger partial charge is 0.129 e. The highest BCUT2D eigenvalue weighted by atomic mass is 19.1. The quantitative estimate of drug-likeness (QED) is 0.903. The molecule has 0 amide bonds. The third-order valence-corrected chi connectivity index (χ3v) is 5.28. The Morgan fingerprint density at radius 2 is 2.00 bits per heavy atom. The van der Waals surface area contributed by atoms with Gasteiger partial charge in [0.05, 0.1) is 0 Å². The Hall–Kier alpha value is -1.09. The first-order valence-electron chi connectivity index (χ1n) is 8.52. The molecule has 0 spiro atoms. The van der Waals surface area contributed by atoms with Crippen LogP contribution in [0.4, 0.5) is 10.1 Å². The third kappa shape index (κ3) is 3.23. The molecule has 3 rings (SSSR count). The maximum atomic E-state index is 14.2. The van der Waals surface area contributed by atoms with E-state index in [2.05, 4.69) is 23.2 Å². The maximum absolute atomic E-state index is 14.2. The van der Waals surface area contributed by atoms with Crippen LogP contribution >= 0.6 is 0 Å². The minimum atomic E-state index is -0.0702. The first-order chi connectivity index (χ1) is 10.3. The minimum absolute atomic E-state index is 0.0702. The zero-order valence-electron chi connectivity index (χ0n) is 13.1. The molecule has 1 aliphatic heterocycles. The molecule has 0 radical (unpaired) electrons. The molecule has 2 nitrogen and oxygen atoms in total. The van der Waals surface area contributed by atoms with Crippen molar-refractivity contribution in [2.45, 2.75) is 45.6 Å². The van der Waals surface area contributed by atoms with E-state index in [1.54, 1.807) is 6.07 Å². The van der Waals surface area contributed by atoms with Crippen LogP contribution in [0, 0.1) is 17.7 Å². The lowest BCUT2D eigenvalue weighted by Crippen LogP contribution is -2.42. The van der Waals surface area contributed by atoms with Gasteiger partial charge in [0.2, 0.25) is 0 Å². The lowest BCUT2D eigenvalue weighted by molar-refractivity contribution is 0.202. The number of nitrogens with zero attached hydrogens (tertiary/aromatic N) is 1. The van der Waals surface area contributed by atoms with Crippen molar-refractivity contribution in [1.82, 2.24) is 5.32 Å². The number of fused-ring (bicyclic) bond motifs is 1. The predicted molar refractivity (Wildman–Crippen MR) is 86.1 cm³/mol. The lowest BCUT2D eigenvalue weighted by Gasteiger charge is -2.43. The minimum Gasteiger partial charge on any atom is -0.371 e. The van der Waals surface area contributed by atoms with E-state index in [1.807, 2.05) is 6.07 Å². The topological polar surface area (TPSA) is 15.3 Å². The van der Waals surface area contributed by atoms with Crippen molar-refractivity contribution in [2.24, 2.45) is 11.8 Å². The Kier molecular flexibility index (Phi) is 4.79. The number of rotatable bonds is 4. The molecule has 116 valence electrons. The average molecular weight is 290 g/mol. The van der Waals surface area contributed by atoms with Gasteiger partial charge in [-0.3, -0.25) is 0 Å². The van der Waals surface area contributed by atoms with Crippen molar-refractivity contribution in [3.63, 3.8) is 0 Å². The van der Waals surface area contributed by atoms with Crippen LogP contribution < -0.4 is 10.2 Å². The summed E-state index contributed by atoms with van der Waals surface area (Å²) < 4.78 is 14.2. The van der Waals surface area contributed by atoms with E-state index in [0.717, 1.165) is 42.7 Å². The molecule has 2 unspecified atom stereocenters. The summed E-state index contributed by atoms with van der Waals surface area (Å²) in [5.74, 6) is 1.67. The van der Waals surface area contributed by atoms with Gasteiger partial charge in [0.1, 0.15) is 5.82 Å². The predicted octanol–water partition coefficient (Wildman–Crippen LogP) is 3.95. The summed E-state index contributed by atoms with van der Waals surface area (Å²) in [6.45, 7) is 5.77. The monoisotopic (exact) mass is 290 g/mol. The van der Waals surface area contributed by atoms with Crippen molar-refractivity contribution in [3.8, 4) is 0 Å². The van der Waals surface area contributed by atoms with Crippen LogP contribution in [0.15, 0.2) is 18.2 Å². The number of hydrogen-bond donors (Lipinski definition) is 1. The third-order valence-electron chi connectivity index (χ3n) is 5.28. The fourth-order valence-corrected chi connectivity index (χ4v) is 4.09. The van der Waals surface area contributed by atoms with Crippen molar-refractivity contribution >= 4 is 5.69 Å². The molecule has 1 aliphatic carbocycles. The van der Waals surface area contributed by atoms with Crippen LogP contribution in [0.1, 0.15) is 44.6 Å². The Bertz CT molecular complexity index is 474. The molecule has 1 heterocycles. The molecular weight excluding hydrogens is 263 g/mol. The van der Waals surface area contributed by atoms with Crippen LogP contribution in [0.2, 0.25) is 0 Å². The van der Waals surface area contributed by atoms with Crippen molar-refractivity contribution in [1.29, 1.82) is 0 Å². The Morgan fingerprint density at radius 3 is 2.81 bits per heavy atom. The maximum Gasteiger partial charge on any atom is 0.129 e. The number of anilines is 1. The summed E-state index contributed by atoms with van der Waals surface area (Å²) >= 11 is 0. The molecule has 1 aromatic rings. The van der Waals surface area contributed by atoms with Crippen LogP contribution in [0.25, 0.3) is 0 Å². The van der Waals surface area contributed by atoms with E-state index in [4.69, 9.17) is 0 Å². The molecule has 1 N–H and O–H groups in total. The zero-order valence-corrected chi connectivity index (χ0v) is 13.1. The Labute approximate surface area is 127 Å². The average Bonchev–Trinajstić information content (AvgIpc) is 2.53. The molecule has 1 aromatic carbocycles. The normalized spacial score (nSPS) is 25.7. The number of piperidine rings is 1. The summed E-state index contributed by atoms with van der Waals surface area (Å²) in [6, 6.07) is 5.54. The molecule has 0 aromatic heterocycles. The second kappa shape index (κ2) is 6.78. The number of halogens is 1. The number of hydrogen-bond acceptors (Lipinski definition) is 2. The van der Waals surface area contributed by atoms with Gasteiger partial charge in [0.25, 0.3) is 0 Å². The molecule has 2 atom stereocenters.